The molecular weight excluding hydrogens is 416 g/mol. The Hall–Kier alpha value is -2.67. The van der Waals surface area contributed by atoms with Crippen molar-refractivity contribution in [1.82, 2.24) is 10.6 Å². The summed E-state index contributed by atoms with van der Waals surface area (Å²) in [7, 11) is 0. The van der Waals surface area contributed by atoms with Crippen LogP contribution in [0.2, 0.25) is 0 Å². The second kappa shape index (κ2) is 7.97. The van der Waals surface area contributed by atoms with Crippen LogP contribution >= 0.6 is 0 Å². The standard InChI is InChI=1S/C26H32N4O3/c31-23-4-3-22(24(32)28-23)30-21-2-1-19(16-20(21)26(9-10-26)25(30)33)29-13-7-18(8-14-29)15-17-5-11-27-12-6-17/h1-2,5,16,18,22,27H,3-4,6-15H2,(H,28,31,32). The largest absolute Gasteiger partial charge is 0.372 e. The first-order valence-corrected chi connectivity index (χ1v) is 12.5. The van der Waals surface area contributed by atoms with E-state index in [9.17, 15) is 14.4 Å². The molecular formula is C26H32N4O3. The van der Waals surface area contributed by atoms with Gasteiger partial charge in [0.2, 0.25) is 17.7 Å². The van der Waals surface area contributed by atoms with Crippen LogP contribution in [0.3, 0.4) is 0 Å². The summed E-state index contributed by atoms with van der Waals surface area (Å²) in [6.45, 7) is 4.22. The normalized spacial score (nSPS) is 27.0. The van der Waals surface area contributed by atoms with Crippen molar-refractivity contribution < 1.29 is 14.4 Å². The van der Waals surface area contributed by atoms with Crippen molar-refractivity contribution in [3.8, 4) is 0 Å². The number of hydrogen-bond acceptors (Lipinski definition) is 5. The molecule has 7 nitrogen and oxygen atoms in total. The van der Waals surface area contributed by atoms with E-state index in [4.69, 9.17) is 0 Å². The van der Waals surface area contributed by atoms with Crippen LogP contribution in [0, 0.1) is 5.92 Å². The summed E-state index contributed by atoms with van der Waals surface area (Å²) < 4.78 is 0. The summed E-state index contributed by atoms with van der Waals surface area (Å²) in [6.07, 6.45) is 9.56. The highest BCUT2D eigenvalue weighted by Crippen LogP contribution is 2.58. The van der Waals surface area contributed by atoms with E-state index in [1.165, 1.54) is 31.4 Å². The molecule has 0 aromatic heterocycles. The molecule has 5 aliphatic rings. The molecule has 3 amide bonds. The monoisotopic (exact) mass is 448 g/mol. The van der Waals surface area contributed by atoms with E-state index in [1.807, 2.05) is 6.07 Å². The molecule has 0 bridgehead atoms. The van der Waals surface area contributed by atoms with Crippen molar-refractivity contribution in [2.45, 2.75) is 62.8 Å². The minimum Gasteiger partial charge on any atom is -0.372 e. The number of amides is 3. The van der Waals surface area contributed by atoms with Crippen LogP contribution < -0.4 is 20.4 Å². The minimum absolute atomic E-state index is 0.0399. The van der Waals surface area contributed by atoms with E-state index in [2.05, 4.69) is 33.7 Å². The summed E-state index contributed by atoms with van der Waals surface area (Å²) >= 11 is 0. The number of imide groups is 1. The van der Waals surface area contributed by atoms with Gasteiger partial charge in [-0.1, -0.05) is 11.6 Å². The third-order valence-corrected chi connectivity index (χ3v) is 8.34. The van der Waals surface area contributed by atoms with Gasteiger partial charge in [-0.05, 0) is 81.2 Å². The maximum Gasteiger partial charge on any atom is 0.249 e. The fraction of sp³-hybridized carbons (Fsp3) is 0.577. The number of carbonyl (C=O) groups is 3. The second-order valence-electron chi connectivity index (χ2n) is 10.4. The van der Waals surface area contributed by atoms with Crippen molar-refractivity contribution in [3.05, 3.63) is 35.4 Å². The average molecular weight is 449 g/mol. The number of rotatable bonds is 4. The SMILES string of the molecule is O=C1CCC(N2C(=O)C3(CC3)c3cc(N4CCC(CC5=CCNCC5)CC4)ccc32)C(=O)N1. The molecule has 4 heterocycles. The van der Waals surface area contributed by atoms with E-state index < -0.39 is 11.5 Å². The number of nitrogens with zero attached hydrogens (tertiary/aromatic N) is 2. The van der Waals surface area contributed by atoms with Gasteiger partial charge in [-0.15, -0.1) is 0 Å². The Bertz CT molecular complexity index is 1040. The Kier molecular flexibility index (Phi) is 5.05. The van der Waals surface area contributed by atoms with Crippen molar-refractivity contribution >= 4 is 29.1 Å². The van der Waals surface area contributed by atoms with Gasteiger partial charge < -0.3 is 10.2 Å². The number of anilines is 2. The lowest BCUT2D eigenvalue weighted by atomic mass is 9.88. The average Bonchev–Trinajstić information content (AvgIpc) is 3.60. The Labute approximate surface area is 194 Å². The summed E-state index contributed by atoms with van der Waals surface area (Å²) in [4.78, 5) is 41.7. The molecule has 1 aliphatic carbocycles. The quantitative estimate of drug-likeness (QED) is 0.546. The van der Waals surface area contributed by atoms with Gasteiger partial charge in [0.05, 0.1) is 5.41 Å². The molecule has 1 aromatic rings. The first kappa shape index (κ1) is 20.9. The fourth-order valence-corrected chi connectivity index (χ4v) is 6.24. The van der Waals surface area contributed by atoms with Crippen LogP contribution in [0.1, 0.15) is 56.9 Å². The lowest BCUT2D eigenvalue weighted by molar-refractivity contribution is -0.135. The van der Waals surface area contributed by atoms with Gasteiger partial charge >= 0.3 is 0 Å². The Morgan fingerprint density at radius 3 is 2.55 bits per heavy atom. The Morgan fingerprint density at radius 2 is 1.85 bits per heavy atom. The van der Waals surface area contributed by atoms with Gasteiger partial charge in [0.1, 0.15) is 6.04 Å². The first-order valence-electron chi connectivity index (χ1n) is 12.5. The molecule has 4 aliphatic heterocycles. The van der Waals surface area contributed by atoms with Crippen LogP contribution in [0.5, 0.6) is 0 Å². The lowest BCUT2D eigenvalue weighted by Crippen LogP contribution is -2.54. The van der Waals surface area contributed by atoms with E-state index in [0.29, 0.717) is 6.42 Å². The Morgan fingerprint density at radius 1 is 1.03 bits per heavy atom. The van der Waals surface area contributed by atoms with Crippen LogP contribution in [-0.2, 0) is 19.8 Å². The van der Waals surface area contributed by atoms with Gasteiger partial charge in [0.25, 0.3) is 0 Å². The van der Waals surface area contributed by atoms with Gasteiger partial charge in [-0.3, -0.25) is 24.6 Å². The molecule has 7 heteroatoms. The topological polar surface area (TPSA) is 81.8 Å². The highest BCUT2D eigenvalue weighted by atomic mass is 16.2. The molecule has 1 unspecified atom stereocenters. The zero-order chi connectivity index (χ0) is 22.6. The lowest BCUT2D eigenvalue weighted by Gasteiger charge is -2.35. The van der Waals surface area contributed by atoms with Crippen LogP contribution in [0.25, 0.3) is 0 Å². The number of nitrogens with one attached hydrogen (secondary N) is 2. The molecule has 174 valence electrons. The summed E-state index contributed by atoms with van der Waals surface area (Å²) in [5, 5.41) is 5.81. The zero-order valence-electron chi connectivity index (χ0n) is 19.1. The molecule has 1 atom stereocenters. The van der Waals surface area contributed by atoms with Gasteiger partial charge in [-0.25, -0.2) is 0 Å². The third kappa shape index (κ3) is 3.57. The molecule has 2 saturated heterocycles. The van der Waals surface area contributed by atoms with E-state index in [0.717, 1.165) is 56.2 Å². The number of piperidine rings is 2. The van der Waals surface area contributed by atoms with Gasteiger partial charge in [-0.2, -0.15) is 0 Å². The van der Waals surface area contributed by atoms with Crippen molar-refractivity contribution in [2.75, 3.05) is 36.0 Å². The smallest absolute Gasteiger partial charge is 0.249 e. The van der Waals surface area contributed by atoms with Crippen molar-refractivity contribution in [3.63, 3.8) is 0 Å². The summed E-state index contributed by atoms with van der Waals surface area (Å²) in [5.41, 5.74) is 4.30. The predicted molar refractivity (Wildman–Crippen MR) is 126 cm³/mol. The van der Waals surface area contributed by atoms with E-state index in [1.54, 1.807) is 10.5 Å². The predicted octanol–water partition coefficient (Wildman–Crippen LogP) is 2.40. The summed E-state index contributed by atoms with van der Waals surface area (Å²) in [5.74, 6) is 0.204. The van der Waals surface area contributed by atoms with Gasteiger partial charge in [0, 0.05) is 37.4 Å². The molecule has 3 fully saturated rings. The van der Waals surface area contributed by atoms with E-state index >= 15 is 0 Å². The molecule has 1 aromatic carbocycles. The summed E-state index contributed by atoms with van der Waals surface area (Å²) in [6, 6.07) is 5.77. The molecule has 6 rings (SSSR count). The Balaban J connectivity index is 1.19. The van der Waals surface area contributed by atoms with E-state index in [-0.39, 0.29) is 24.1 Å². The van der Waals surface area contributed by atoms with Crippen molar-refractivity contribution in [1.29, 1.82) is 0 Å². The highest BCUT2D eigenvalue weighted by Gasteiger charge is 2.61. The first-order chi connectivity index (χ1) is 16.0. The molecule has 1 spiro atoms. The minimum atomic E-state index is -0.584. The number of benzene rings is 1. The third-order valence-electron chi connectivity index (χ3n) is 8.34. The molecule has 33 heavy (non-hydrogen) atoms. The number of carbonyl (C=O) groups excluding carboxylic acids is 3. The maximum absolute atomic E-state index is 13.4. The highest BCUT2D eigenvalue weighted by molar-refractivity contribution is 6.15. The van der Waals surface area contributed by atoms with Crippen LogP contribution in [-0.4, -0.2) is 49.9 Å². The number of fused-ring (bicyclic) bond motifs is 2. The number of hydrogen-bond donors (Lipinski definition) is 2. The molecule has 1 saturated carbocycles. The van der Waals surface area contributed by atoms with Crippen molar-refractivity contribution in [2.24, 2.45) is 5.92 Å². The second-order valence-corrected chi connectivity index (χ2v) is 10.4. The van der Waals surface area contributed by atoms with Gasteiger partial charge in [0.15, 0.2) is 0 Å². The zero-order valence-corrected chi connectivity index (χ0v) is 19.1. The van der Waals surface area contributed by atoms with Crippen LogP contribution in [0.4, 0.5) is 11.4 Å². The molecule has 2 N–H and O–H groups in total. The molecule has 0 radical (unpaired) electrons. The van der Waals surface area contributed by atoms with Crippen LogP contribution in [0.15, 0.2) is 29.8 Å². The fourth-order valence-electron chi connectivity index (χ4n) is 6.24. The maximum atomic E-state index is 13.4.